The Labute approximate surface area is 152 Å². The fraction of sp³-hybridized carbons (Fsp3) is 0.333. The number of aromatic nitrogens is 3. The van der Waals surface area contributed by atoms with Gasteiger partial charge in [0.15, 0.2) is 17.3 Å². The van der Waals surface area contributed by atoms with E-state index in [9.17, 15) is 5.26 Å². The number of rotatable bonds is 6. The van der Waals surface area contributed by atoms with Crippen LogP contribution in [0.2, 0.25) is 0 Å². The molecule has 0 unspecified atom stereocenters. The Morgan fingerprint density at radius 3 is 2.54 bits per heavy atom. The molecule has 0 fully saturated rings. The molecule has 0 bridgehead atoms. The Kier molecular flexibility index (Phi) is 5.96. The van der Waals surface area contributed by atoms with Gasteiger partial charge < -0.3 is 20.1 Å². The first-order valence-corrected chi connectivity index (χ1v) is 7.99. The van der Waals surface area contributed by atoms with Gasteiger partial charge >= 0.3 is 0 Å². The smallest absolute Gasteiger partial charge is 0.230 e. The highest BCUT2D eigenvalue weighted by Crippen LogP contribution is 2.30. The lowest BCUT2D eigenvalue weighted by Crippen LogP contribution is -2.15. The minimum atomic E-state index is 0.0256. The number of anilines is 2. The minimum absolute atomic E-state index is 0.0256. The summed E-state index contributed by atoms with van der Waals surface area (Å²) in [5, 5.41) is 9.53. The van der Waals surface area contributed by atoms with Crippen molar-refractivity contribution in [2.75, 3.05) is 31.8 Å². The van der Waals surface area contributed by atoms with E-state index in [2.05, 4.69) is 21.0 Å². The second-order valence-corrected chi connectivity index (χ2v) is 5.96. The predicted octanol–water partition coefficient (Wildman–Crippen LogP) is 2.38. The van der Waals surface area contributed by atoms with Crippen molar-refractivity contribution in [2.45, 2.75) is 20.0 Å². The fourth-order valence-electron chi connectivity index (χ4n) is 2.14. The summed E-state index contributed by atoms with van der Waals surface area (Å²) in [5.41, 5.74) is 6.75. The van der Waals surface area contributed by atoms with Gasteiger partial charge in [-0.15, -0.1) is 0 Å². The average molecular weight is 354 g/mol. The third kappa shape index (κ3) is 4.60. The number of ether oxygens (including phenoxy) is 2. The normalized spacial score (nSPS) is 11.2. The van der Waals surface area contributed by atoms with Crippen LogP contribution in [-0.2, 0) is 0 Å². The molecule has 0 spiro atoms. The van der Waals surface area contributed by atoms with Crippen molar-refractivity contribution in [3.8, 4) is 17.6 Å². The van der Waals surface area contributed by atoms with Gasteiger partial charge in [0.1, 0.15) is 6.07 Å². The van der Waals surface area contributed by atoms with E-state index in [0.717, 1.165) is 5.56 Å². The third-order valence-corrected chi connectivity index (χ3v) is 3.26. The second kappa shape index (κ2) is 8.16. The molecule has 0 aliphatic rings. The van der Waals surface area contributed by atoms with Crippen LogP contribution in [0.25, 0.3) is 11.6 Å². The van der Waals surface area contributed by atoms with E-state index in [1.807, 2.05) is 19.9 Å². The zero-order valence-corrected chi connectivity index (χ0v) is 15.5. The lowest BCUT2D eigenvalue weighted by molar-refractivity contribution is 0.230. The molecular weight excluding hydrogens is 332 g/mol. The van der Waals surface area contributed by atoms with E-state index in [1.54, 1.807) is 44.3 Å². The van der Waals surface area contributed by atoms with E-state index in [0.29, 0.717) is 17.4 Å². The van der Waals surface area contributed by atoms with E-state index in [4.69, 9.17) is 15.2 Å². The molecule has 1 aromatic carbocycles. The number of hydrogen-bond donors (Lipinski definition) is 1. The van der Waals surface area contributed by atoms with Crippen LogP contribution in [0.4, 0.5) is 11.9 Å². The SMILES string of the molecule is COc1cc(/C=C(\C#N)c2nc(N)nc(N(C)C)n2)ccc1OC(C)C. The summed E-state index contributed by atoms with van der Waals surface area (Å²) < 4.78 is 11.1. The van der Waals surface area contributed by atoms with Crippen molar-refractivity contribution in [1.82, 2.24) is 15.0 Å². The third-order valence-electron chi connectivity index (χ3n) is 3.26. The highest BCUT2D eigenvalue weighted by atomic mass is 16.5. The second-order valence-electron chi connectivity index (χ2n) is 5.96. The number of methoxy groups -OCH3 is 1. The van der Waals surface area contributed by atoms with E-state index >= 15 is 0 Å². The van der Waals surface area contributed by atoms with Crippen LogP contribution in [0, 0.1) is 11.3 Å². The van der Waals surface area contributed by atoms with Gasteiger partial charge in [0.05, 0.1) is 18.8 Å². The first-order valence-electron chi connectivity index (χ1n) is 7.99. The standard InChI is InChI=1S/C18H22N6O2/c1-11(2)26-14-7-6-12(9-15(14)25-5)8-13(10-19)16-21-17(20)23-18(22-16)24(3)4/h6-9,11H,1-5H3,(H2,20,21,22,23)/b13-8+. The number of nitrogens with two attached hydrogens (primary N) is 1. The first-order chi connectivity index (χ1) is 12.3. The van der Waals surface area contributed by atoms with E-state index in [-0.39, 0.29) is 23.4 Å². The molecule has 0 aliphatic carbocycles. The average Bonchev–Trinajstić information content (AvgIpc) is 2.59. The molecule has 8 heteroatoms. The molecular formula is C18H22N6O2. The monoisotopic (exact) mass is 354 g/mol. The zero-order valence-electron chi connectivity index (χ0n) is 15.5. The molecule has 0 amide bonds. The fourth-order valence-corrected chi connectivity index (χ4v) is 2.14. The van der Waals surface area contributed by atoms with E-state index < -0.39 is 0 Å². The van der Waals surface area contributed by atoms with Crippen LogP contribution in [0.5, 0.6) is 11.5 Å². The summed E-state index contributed by atoms with van der Waals surface area (Å²) in [4.78, 5) is 14.1. The lowest BCUT2D eigenvalue weighted by atomic mass is 10.1. The Hall–Kier alpha value is -3.34. The number of nitrogen functional groups attached to an aromatic ring is 1. The van der Waals surface area contributed by atoms with Gasteiger partial charge in [-0.2, -0.15) is 20.2 Å². The zero-order chi connectivity index (χ0) is 19.3. The Balaban J connectivity index is 2.45. The largest absolute Gasteiger partial charge is 0.493 e. The molecule has 2 rings (SSSR count). The summed E-state index contributed by atoms with van der Waals surface area (Å²) in [6.45, 7) is 3.88. The summed E-state index contributed by atoms with van der Waals surface area (Å²) in [6.07, 6.45) is 1.69. The van der Waals surface area contributed by atoms with Crippen LogP contribution in [-0.4, -0.2) is 42.3 Å². The molecule has 136 valence electrons. The van der Waals surface area contributed by atoms with Crippen LogP contribution in [0.1, 0.15) is 25.2 Å². The van der Waals surface area contributed by atoms with Gasteiger partial charge in [0.2, 0.25) is 11.9 Å². The molecule has 0 saturated heterocycles. The molecule has 0 radical (unpaired) electrons. The Morgan fingerprint density at radius 1 is 1.23 bits per heavy atom. The quantitative estimate of drug-likeness (QED) is 0.787. The highest BCUT2D eigenvalue weighted by Gasteiger charge is 2.12. The molecule has 2 aromatic rings. The molecule has 1 heterocycles. The van der Waals surface area contributed by atoms with Crippen molar-refractivity contribution in [1.29, 1.82) is 5.26 Å². The first kappa shape index (κ1) is 19.0. The number of nitriles is 1. The van der Waals surface area contributed by atoms with Crippen LogP contribution >= 0.6 is 0 Å². The maximum Gasteiger partial charge on any atom is 0.230 e. The Morgan fingerprint density at radius 2 is 1.96 bits per heavy atom. The minimum Gasteiger partial charge on any atom is -0.493 e. The molecule has 0 saturated carbocycles. The number of hydrogen-bond acceptors (Lipinski definition) is 8. The van der Waals surface area contributed by atoms with Gasteiger partial charge in [-0.25, -0.2) is 0 Å². The number of benzene rings is 1. The van der Waals surface area contributed by atoms with E-state index in [1.165, 1.54) is 0 Å². The Bertz CT molecular complexity index is 855. The summed E-state index contributed by atoms with van der Waals surface area (Å²) >= 11 is 0. The summed E-state index contributed by atoms with van der Waals surface area (Å²) in [6, 6.07) is 7.52. The van der Waals surface area contributed by atoms with Crippen LogP contribution < -0.4 is 20.1 Å². The molecule has 2 N–H and O–H groups in total. The summed E-state index contributed by atoms with van der Waals surface area (Å²) in [5.74, 6) is 1.86. The topological polar surface area (TPSA) is 110 Å². The predicted molar refractivity (Wildman–Crippen MR) is 101 cm³/mol. The van der Waals surface area contributed by atoms with Gasteiger partial charge in [-0.1, -0.05) is 6.07 Å². The number of nitrogens with zero attached hydrogens (tertiary/aromatic N) is 5. The molecule has 8 nitrogen and oxygen atoms in total. The number of allylic oxidation sites excluding steroid dienone is 1. The molecule has 1 aromatic heterocycles. The van der Waals surface area contributed by atoms with Crippen molar-refractivity contribution in [3.05, 3.63) is 29.6 Å². The molecule has 0 atom stereocenters. The van der Waals surface area contributed by atoms with Crippen molar-refractivity contribution < 1.29 is 9.47 Å². The summed E-state index contributed by atoms with van der Waals surface area (Å²) in [7, 11) is 5.14. The van der Waals surface area contributed by atoms with Crippen molar-refractivity contribution >= 4 is 23.5 Å². The van der Waals surface area contributed by atoms with Gasteiger partial charge in [0, 0.05) is 14.1 Å². The van der Waals surface area contributed by atoms with Gasteiger partial charge in [-0.05, 0) is 37.6 Å². The van der Waals surface area contributed by atoms with Crippen LogP contribution in [0.15, 0.2) is 18.2 Å². The maximum absolute atomic E-state index is 9.53. The van der Waals surface area contributed by atoms with Gasteiger partial charge in [-0.3, -0.25) is 0 Å². The maximum atomic E-state index is 9.53. The highest BCUT2D eigenvalue weighted by molar-refractivity contribution is 5.87. The van der Waals surface area contributed by atoms with Crippen molar-refractivity contribution in [2.24, 2.45) is 0 Å². The lowest BCUT2D eigenvalue weighted by Gasteiger charge is -2.14. The van der Waals surface area contributed by atoms with Crippen molar-refractivity contribution in [3.63, 3.8) is 0 Å². The van der Waals surface area contributed by atoms with Crippen LogP contribution in [0.3, 0.4) is 0 Å². The molecule has 26 heavy (non-hydrogen) atoms. The molecule has 0 aliphatic heterocycles. The van der Waals surface area contributed by atoms with Gasteiger partial charge in [0.25, 0.3) is 0 Å².